The molecule has 0 spiro atoms. The normalized spacial score (nSPS) is 31.5. The Morgan fingerprint density at radius 3 is 2.53 bits per heavy atom. The van der Waals surface area contributed by atoms with Gasteiger partial charge in [-0.3, -0.25) is 0 Å². The zero-order chi connectivity index (χ0) is 13.9. The lowest BCUT2D eigenvalue weighted by Crippen LogP contribution is -2.50. The van der Waals surface area contributed by atoms with Gasteiger partial charge in [-0.05, 0) is 25.7 Å². The van der Waals surface area contributed by atoms with Crippen LogP contribution >= 0.6 is 15.9 Å². The van der Waals surface area contributed by atoms with E-state index in [-0.39, 0.29) is 12.2 Å². The van der Waals surface area contributed by atoms with Crippen LogP contribution in [0.25, 0.3) is 0 Å². The fourth-order valence-corrected chi connectivity index (χ4v) is 5.40. The van der Waals surface area contributed by atoms with Gasteiger partial charge in [0.1, 0.15) is 0 Å². The number of alkyl halides is 1. The summed E-state index contributed by atoms with van der Waals surface area (Å²) in [7, 11) is -3.13. The molecule has 1 saturated carbocycles. The number of morpholine rings is 1. The van der Waals surface area contributed by atoms with Gasteiger partial charge in [-0.1, -0.05) is 35.2 Å². The number of sulfonamides is 1. The van der Waals surface area contributed by atoms with Gasteiger partial charge < -0.3 is 4.74 Å². The van der Waals surface area contributed by atoms with Crippen LogP contribution in [0.1, 0.15) is 39.0 Å². The minimum atomic E-state index is -3.13. The maximum absolute atomic E-state index is 12.5. The standard InChI is InChI=1S/C13H24BrNO3S/c1-11-8-15(9-13(7-14)18-11)19(16,17)10-12-5-3-2-4-6-12/h11-13H,2-10H2,1H3. The maximum atomic E-state index is 12.5. The van der Waals surface area contributed by atoms with Gasteiger partial charge in [0.25, 0.3) is 0 Å². The summed E-state index contributed by atoms with van der Waals surface area (Å²) < 4.78 is 32.4. The van der Waals surface area contributed by atoms with Gasteiger partial charge in [0.15, 0.2) is 0 Å². The molecule has 0 amide bonds. The second kappa shape index (κ2) is 6.87. The van der Waals surface area contributed by atoms with Crippen LogP contribution in [-0.2, 0) is 14.8 Å². The van der Waals surface area contributed by atoms with Gasteiger partial charge in [-0.2, -0.15) is 4.31 Å². The largest absolute Gasteiger partial charge is 0.372 e. The van der Waals surface area contributed by atoms with Crippen LogP contribution in [0.15, 0.2) is 0 Å². The van der Waals surface area contributed by atoms with Crippen molar-refractivity contribution >= 4 is 26.0 Å². The predicted octanol–water partition coefficient (Wildman–Crippen LogP) is 2.38. The molecule has 1 aliphatic carbocycles. The van der Waals surface area contributed by atoms with Crippen molar-refractivity contribution < 1.29 is 13.2 Å². The van der Waals surface area contributed by atoms with Crippen molar-refractivity contribution in [3.05, 3.63) is 0 Å². The van der Waals surface area contributed by atoms with E-state index >= 15 is 0 Å². The quantitative estimate of drug-likeness (QED) is 0.729. The highest BCUT2D eigenvalue weighted by Crippen LogP contribution is 2.27. The Labute approximate surface area is 125 Å². The highest BCUT2D eigenvalue weighted by molar-refractivity contribution is 9.09. The monoisotopic (exact) mass is 353 g/mol. The molecule has 1 aliphatic heterocycles. The molecule has 4 nitrogen and oxygen atoms in total. The van der Waals surface area contributed by atoms with E-state index in [4.69, 9.17) is 4.74 Å². The smallest absolute Gasteiger partial charge is 0.214 e. The van der Waals surface area contributed by atoms with Crippen LogP contribution in [0.4, 0.5) is 0 Å². The van der Waals surface area contributed by atoms with Crippen molar-refractivity contribution in [1.29, 1.82) is 0 Å². The molecule has 0 bridgehead atoms. The average Bonchev–Trinajstić information content (AvgIpc) is 2.38. The Kier molecular flexibility index (Phi) is 5.69. The van der Waals surface area contributed by atoms with Gasteiger partial charge in [0.05, 0.1) is 18.0 Å². The number of ether oxygens (including phenoxy) is 1. The first kappa shape index (κ1) is 15.7. The lowest BCUT2D eigenvalue weighted by Gasteiger charge is -2.36. The van der Waals surface area contributed by atoms with E-state index in [9.17, 15) is 8.42 Å². The topological polar surface area (TPSA) is 46.6 Å². The first-order chi connectivity index (χ1) is 9.01. The van der Waals surface area contributed by atoms with Gasteiger partial charge in [-0.25, -0.2) is 8.42 Å². The van der Waals surface area contributed by atoms with Crippen molar-refractivity contribution in [2.45, 2.75) is 51.2 Å². The summed E-state index contributed by atoms with van der Waals surface area (Å²) in [6.45, 7) is 2.93. The zero-order valence-electron chi connectivity index (χ0n) is 11.6. The number of nitrogens with zero attached hydrogens (tertiary/aromatic N) is 1. The maximum Gasteiger partial charge on any atom is 0.214 e. The van der Waals surface area contributed by atoms with Crippen molar-refractivity contribution in [3.63, 3.8) is 0 Å². The molecule has 0 aromatic carbocycles. The summed E-state index contributed by atoms with van der Waals surface area (Å²) in [6.07, 6.45) is 5.73. The molecule has 1 saturated heterocycles. The lowest BCUT2D eigenvalue weighted by molar-refractivity contribution is -0.0412. The lowest BCUT2D eigenvalue weighted by atomic mass is 9.91. The summed E-state index contributed by atoms with van der Waals surface area (Å²) >= 11 is 3.38. The van der Waals surface area contributed by atoms with Gasteiger partial charge >= 0.3 is 0 Å². The second-order valence-corrected chi connectivity index (χ2v) is 8.48. The summed E-state index contributed by atoms with van der Waals surface area (Å²) in [4.78, 5) is 0. The Hall–Kier alpha value is 0.350. The van der Waals surface area contributed by atoms with Crippen LogP contribution < -0.4 is 0 Å². The Morgan fingerprint density at radius 1 is 1.21 bits per heavy atom. The molecule has 1 heterocycles. The third-order valence-electron chi connectivity index (χ3n) is 4.03. The molecule has 2 unspecified atom stereocenters. The first-order valence-electron chi connectivity index (χ1n) is 7.20. The highest BCUT2D eigenvalue weighted by atomic mass is 79.9. The molecule has 2 atom stereocenters. The second-order valence-electron chi connectivity index (χ2n) is 5.82. The predicted molar refractivity (Wildman–Crippen MR) is 80.1 cm³/mol. The summed E-state index contributed by atoms with van der Waals surface area (Å²) in [5, 5.41) is 0.687. The third-order valence-corrected chi connectivity index (χ3v) is 6.73. The fourth-order valence-electron chi connectivity index (χ4n) is 3.07. The molecule has 0 radical (unpaired) electrons. The molecule has 19 heavy (non-hydrogen) atoms. The minimum absolute atomic E-state index is 0.0163. The summed E-state index contributed by atoms with van der Waals surface area (Å²) in [6, 6.07) is 0. The van der Waals surface area contributed by atoms with Crippen molar-refractivity contribution in [2.75, 3.05) is 24.2 Å². The Bertz CT molecular complexity index is 381. The van der Waals surface area contributed by atoms with E-state index in [1.165, 1.54) is 19.3 Å². The molecular formula is C13H24BrNO3S. The van der Waals surface area contributed by atoms with E-state index in [1.54, 1.807) is 4.31 Å². The van der Waals surface area contributed by atoms with Gasteiger partial charge in [-0.15, -0.1) is 0 Å². The van der Waals surface area contributed by atoms with E-state index in [1.807, 2.05) is 6.92 Å². The fraction of sp³-hybridized carbons (Fsp3) is 1.00. The molecule has 2 rings (SSSR count). The summed E-state index contributed by atoms with van der Waals surface area (Å²) in [5.41, 5.74) is 0. The van der Waals surface area contributed by atoms with Gasteiger partial charge in [0.2, 0.25) is 10.0 Å². The molecule has 2 fully saturated rings. The zero-order valence-corrected chi connectivity index (χ0v) is 14.0. The highest BCUT2D eigenvalue weighted by Gasteiger charge is 2.34. The average molecular weight is 354 g/mol. The third kappa shape index (κ3) is 4.41. The molecular weight excluding hydrogens is 330 g/mol. The van der Waals surface area contributed by atoms with Crippen LogP contribution in [0, 0.1) is 5.92 Å². The SMILES string of the molecule is CC1CN(S(=O)(=O)CC2CCCCC2)CC(CBr)O1. The molecule has 2 aliphatic rings. The molecule has 0 aromatic heterocycles. The molecule has 0 aromatic rings. The van der Waals surface area contributed by atoms with Crippen LogP contribution in [-0.4, -0.2) is 49.1 Å². The van der Waals surface area contributed by atoms with Crippen molar-refractivity contribution in [1.82, 2.24) is 4.31 Å². The van der Waals surface area contributed by atoms with E-state index in [0.717, 1.165) is 12.8 Å². The molecule has 112 valence electrons. The number of halogens is 1. The number of hydrogen-bond acceptors (Lipinski definition) is 3. The van der Waals surface area contributed by atoms with Crippen LogP contribution in [0.3, 0.4) is 0 Å². The van der Waals surface area contributed by atoms with E-state index < -0.39 is 10.0 Å². The van der Waals surface area contributed by atoms with Crippen LogP contribution in [0.2, 0.25) is 0 Å². The summed E-state index contributed by atoms with van der Waals surface area (Å²) in [5.74, 6) is 0.689. The minimum Gasteiger partial charge on any atom is -0.372 e. The van der Waals surface area contributed by atoms with Crippen molar-refractivity contribution in [3.8, 4) is 0 Å². The van der Waals surface area contributed by atoms with E-state index in [0.29, 0.717) is 30.1 Å². The molecule has 0 N–H and O–H groups in total. The van der Waals surface area contributed by atoms with E-state index in [2.05, 4.69) is 15.9 Å². The van der Waals surface area contributed by atoms with Crippen LogP contribution in [0.5, 0.6) is 0 Å². The number of hydrogen-bond donors (Lipinski definition) is 0. The van der Waals surface area contributed by atoms with Gasteiger partial charge in [0, 0.05) is 18.4 Å². The Balaban J connectivity index is 1.97. The van der Waals surface area contributed by atoms with Crippen molar-refractivity contribution in [2.24, 2.45) is 5.92 Å². The Morgan fingerprint density at radius 2 is 1.89 bits per heavy atom. The number of rotatable bonds is 4. The first-order valence-corrected chi connectivity index (χ1v) is 9.93. The molecule has 6 heteroatoms.